The lowest BCUT2D eigenvalue weighted by molar-refractivity contribution is 0.507. The van der Waals surface area contributed by atoms with Crippen LogP contribution in [0.2, 0.25) is 0 Å². The quantitative estimate of drug-likeness (QED) is 0.914. The van der Waals surface area contributed by atoms with Gasteiger partial charge in [-0.15, -0.1) is 0 Å². The molecule has 3 rings (SSSR count). The van der Waals surface area contributed by atoms with Crippen molar-refractivity contribution in [3.05, 3.63) is 48.3 Å². The summed E-state index contributed by atoms with van der Waals surface area (Å²) in [5.41, 5.74) is 2.17. The van der Waals surface area contributed by atoms with Crippen LogP contribution >= 0.6 is 0 Å². The third-order valence-corrected chi connectivity index (χ3v) is 5.94. The fourth-order valence-electron chi connectivity index (χ4n) is 3.11. The van der Waals surface area contributed by atoms with E-state index in [2.05, 4.69) is 22.5 Å². The summed E-state index contributed by atoms with van der Waals surface area (Å²) >= 11 is 0. The molecule has 1 saturated carbocycles. The maximum atomic E-state index is 11.8. The number of rotatable bonds is 5. The molecule has 1 fully saturated rings. The smallest absolute Gasteiger partial charge is 0.151 e. The first-order chi connectivity index (χ1) is 10.5. The Morgan fingerprint density at radius 3 is 2.68 bits per heavy atom. The zero-order valence-electron chi connectivity index (χ0n) is 12.6. The van der Waals surface area contributed by atoms with Crippen molar-refractivity contribution in [2.24, 2.45) is 0 Å². The van der Waals surface area contributed by atoms with E-state index in [1.54, 1.807) is 6.20 Å². The van der Waals surface area contributed by atoms with Crippen LogP contribution in [0.3, 0.4) is 0 Å². The second-order valence-corrected chi connectivity index (χ2v) is 8.17. The highest BCUT2D eigenvalue weighted by atomic mass is 32.2. The Morgan fingerprint density at radius 1 is 1.27 bits per heavy atom. The predicted molar refractivity (Wildman–Crippen MR) is 86.7 cm³/mol. The molecule has 22 heavy (non-hydrogen) atoms. The van der Waals surface area contributed by atoms with Gasteiger partial charge in [0.25, 0.3) is 0 Å². The first-order valence-corrected chi connectivity index (χ1v) is 9.51. The lowest BCUT2D eigenvalue weighted by atomic mass is 10.2. The van der Waals surface area contributed by atoms with E-state index < -0.39 is 9.84 Å². The van der Waals surface area contributed by atoms with E-state index >= 15 is 0 Å². The molecule has 1 heterocycles. The SMILES string of the molecule is CS(=O)(=O)C1CCCC1NCc1ccc(-n2cccn2)cc1. The standard InChI is InChI=1S/C16H21N3O2S/c1-22(20,21)16-5-2-4-15(16)17-12-13-6-8-14(9-7-13)19-11-3-10-18-19/h3,6-11,15-17H,2,4-5,12H2,1H3. The van der Waals surface area contributed by atoms with Gasteiger partial charge in [-0.25, -0.2) is 13.1 Å². The molecule has 1 aromatic carbocycles. The first-order valence-electron chi connectivity index (χ1n) is 7.55. The summed E-state index contributed by atoms with van der Waals surface area (Å²) in [6.07, 6.45) is 7.69. The second-order valence-electron chi connectivity index (χ2n) is 5.90. The molecule has 2 aromatic rings. The van der Waals surface area contributed by atoms with Gasteiger partial charge in [0.05, 0.1) is 10.9 Å². The minimum absolute atomic E-state index is 0.0702. The van der Waals surface area contributed by atoms with E-state index in [1.165, 1.54) is 6.26 Å². The molecule has 118 valence electrons. The van der Waals surface area contributed by atoms with E-state index in [0.717, 1.165) is 30.5 Å². The third-order valence-electron chi connectivity index (χ3n) is 4.28. The lowest BCUT2D eigenvalue weighted by Gasteiger charge is -2.19. The highest BCUT2D eigenvalue weighted by molar-refractivity contribution is 7.91. The Bertz CT molecular complexity index is 708. The monoisotopic (exact) mass is 319 g/mol. The lowest BCUT2D eigenvalue weighted by Crippen LogP contribution is -2.39. The maximum Gasteiger partial charge on any atom is 0.151 e. The van der Waals surface area contributed by atoms with Crippen molar-refractivity contribution in [2.45, 2.75) is 37.1 Å². The van der Waals surface area contributed by atoms with E-state index in [9.17, 15) is 8.42 Å². The van der Waals surface area contributed by atoms with Crippen molar-refractivity contribution in [1.29, 1.82) is 0 Å². The fraction of sp³-hybridized carbons (Fsp3) is 0.438. The third kappa shape index (κ3) is 3.39. The topological polar surface area (TPSA) is 64.0 Å². The summed E-state index contributed by atoms with van der Waals surface area (Å²) in [6, 6.07) is 10.1. The molecule has 6 heteroatoms. The van der Waals surface area contributed by atoms with Crippen LogP contribution < -0.4 is 5.32 Å². The number of nitrogens with zero attached hydrogens (tertiary/aromatic N) is 2. The summed E-state index contributed by atoms with van der Waals surface area (Å²) in [5, 5.41) is 7.36. The van der Waals surface area contributed by atoms with Gasteiger partial charge < -0.3 is 5.32 Å². The van der Waals surface area contributed by atoms with Crippen molar-refractivity contribution in [1.82, 2.24) is 15.1 Å². The minimum atomic E-state index is -2.97. The Morgan fingerprint density at radius 2 is 2.05 bits per heavy atom. The van der Waals surface area contributed by atoms with Gasteiger partial charge in [0.1, 0.15) is 0 Å². The van der Waals surface area contributed by atoms with Crippen LogP contribution in [0.1, 0.15) is 24.8 Å². The summed E-state index contributed by atoms with van der Waals surface area (Å²) in [7, 11) is -2.97. The van der Waals surface area contributed by atoms with Crippen LogP contribution in [-0.2, 0) is 16.4 Å². The first kappa shape index (κ1) is 15.2. The van der Waals surface area contributed by atoms with Gasteiger partial charge in [0.15, 0.2) is 9.84 Å². The Labute approximate surface area is 131 Å². The van der Waals surface area contributed by atoms with Gasteiger partial charge >= 0.3 is 0 Å². The van der Waals surface area contributed by atoms with Gasteiger partial charge in [-0.3, -0.25) is 0 Å². The highest BCUT2D eigenvalue weighted by Gasteiger charge is 2.34. The largest absolute Gasteiger partial charge is 0.309 e. The minimum Gasteiger partial charge on any atom is -0.309 e. The van der Waals surface area contributed by atoms with Gasteiger partial charge in [-0.1, -0.05) is 18.6 Å². The van der Waals surface area contributed by atoms with E-state index in [1.807, 2.05) is 29.1 Å². The Kier molecular flexibility index (Phi) is 4.31. The summed E-state index contributed by atoms with van der Waals surface area (Å²) in [5.74, 6) is 0. The average molecular weight is 319 g/mol. The Balaban J connectivity index is 1.62. The van der Waals surface area contributed by atoms with Gasteiger partial charge in [0, 0.05) is 31.2 Å². The van der Waals surface area contributed by atoms with Crippen molar-refractivity contribution in [3.63, 3.8) is 0 Å². The summed E-state index contributed by atoms with van der Waals surface area (Å²) in [6.45, 7) is 0.691. The van der Waals surface area contributed by atoms with Crippen LogP contribution in [0.15, 0.2) is 42.7 Å². The van der Waals surface area contributed by atoms with Crippen LogP contribution in [0, 0.1) is 0 Å². The Hall–Kier alpha value is -1.66. The molecule has 0 saturated heterocycles. The van der Waals surface area contributed by atoms with E-state index in [4.69, 9.17) is 0 Å². The molecular weight excluding hydrogens is 298 g/mol. The highest BCUT2D eigenvalue weighted by Crippen LogP contribution is 2.25. The van der Waals surface area contributed by atoms with Crippen molar-refractivity contribution >= 4 is 9.84 Å². The molecule has 0 spiro atoms. The summed E-state index contributed by atoms with van der Waals surface area (Å²) < 4.78 is 25.4. The number of nitrogens with one attached hydrogen (secondary N) is 1. The van der Waals surface area contributed by atoms with Crippen LogP contribution in [-0.4, -0.2) is 35.7 Å². The van der Waals surface area contributed by atoms with Crippen molar-refractivity contribution in [3.8, 4) is 5.69 Å². The normalized spacial score (nSPS) is 22.0. The number of aromatic nitrogens is 2. The molecule has 2 unspecified atom stereocenters. The molecule has 1 aliphatic rings. The van der Waals surface area contributed by atoms with Crippen molar-refractivity contribution in [2.75, 3.05) is 6.26 Å². The van der Waals surface area contributed by atoms with E-state index in [-0.39, 0.29) is 11.3 Å². The number of sulfone groups is 1. The van der Waals surface area contributed by atoms with Crippen molar-refractivity contribution < 1.29 is 8.42 Å². The number of hydrogen-bond donors (Lipinski definition) is 1. The van der Waals surface area contributed by atoms with Gasteiger partial charge in [0.2, 0.25) is 0 Å². The number of hydrogen-bond acceptors (Lipinski definition) is 4. The molecule has 1 N–H and O–H groups in total. The van der Waals surface area contributed by atoms with Crippen LogP contribution in [0.25, 0.3) is 5.69 Å². The van der Waals surface area contributed by atoms with Crippen LogP contribution in [0.5, 0.6) is 0 Å². The van der Waals surface area contributed by atoms with E-state index in [0.29, 0.717) is 6.54 Å². The molecule has 2 atom stereocenters. The molecule has 0 radical (unpaired) electrons. The molecule has 0 amide bonds. The zero-order valence-corrected chi connectivity index (χ0v) is 13.5. The molecule has 5 nitrogen and oxygen atoms in total. The second kappa shape index (κ2) is 6.22. The van der Waals surface area contributed by atoms with Gasteiger partial charge in [-0.2, -0.15) is 5.10 Å². The molecular formula is C16H21N3O2S. The van der Waals surface area contributed by atoms with Crippen LogP contribution in [0.4, 0.5) is 0 Å². The maximum absolute atomic E-state index is 11.8. The molecule has 1 aliphatic carbocycles. The fourth-order valence-corrected chi connectivity index (χ4v) is 4.53. The molecule has 1 aromatic heterocycles. The van der Waals surface area contributed by atoms with Gasteiger partial charge in [-0.05, 0) is 36.6 Å². The molecule has 0 bridgehead atoms. The number of benzene rings is 1. The summed E-state index contributed by atoms with van der Waals surface area (Å²) in [4.78, 5) is 0. The average Bonchev–Trinajstić information content (AvgIpc) is 3.16. The zero-order chi connectivity index (χ0) is 15.6. The predicted octanol–water partition coefficient (Wildman–Crippen LogP) is 1.93. The molecule has 0 aliphatic heterocycles.